The van der Waals surface area contributed by atoms with Gasteiger partial charge in [0, 0.05) is 12.1 Å². The van der Waals surface area contributed by atoms with Crippen molar-refractivity contribution in [3.8, 4) is 11.3 Å². The number of amides is 2. The first-order chi connectivity index (χ1) is 14.2. The van der Waals surface area contributed by atoms with Gasteiger partial charge in [0.25, 0.3) is 0 Å². The normalized spacial score (nSPS) is 11.2. The fourth-order valence-corrected chi connectivity index (χ4v) is 3.43. The molecular weight excluding hydrogens is 400 g/mol. The largest absolute Gasteiger partial charge is 0.338 e. The number of aryl methyl sites for hydroxylation is 2. The van der Waals surface area contributed by atoms with E-state index in [0.29, 0.717) is 18.7 Å². The molecule has 0 radical (unpaired) electrons. The monoisotopic (exact) mass is 424 g/mol. The van der Waals surface area contributed by atoms with Gasteiger partial charge >= 0.3 is 6.03 Å². The molecule has 2 amide bonds. The molecular formula is C22H24N4O3S. The van der Waals surface area contributed by atoms with Gasteiger partial charge in [-0.05, 0) is 50.1 Å². The maximum Gasteiger partial charge on any atom is 0.319 e. The Kier molecular flexibility index (Phi) is 6.49. The number of sulfonamides is 1. The predicted molar refractivity (Wildman–Crippen MR) is 118 cm³/mol. The molecule has 0 atom stereocenters. The molecule has 30 heavy (non-hydrogen) atoms. The van der Waals surface area contributed by atoms with Crippen LogP contribution in [0.2, 0.25) is 0 Å². The molecule has 1 aromatic heterocycles. The lowest BCUT2D eigenvalue weighted by Gasteiger charge is -2.11. The average molecular weight is 425 g/mol. The molecule has 4 N–H and O–H groups in total. The van der Waals surface area contributed by atoms with Gasteiger partial charge in [0.2, 0.25) is 10.0 Å². The standard InChI is InChI=1S/C22H24N4O3S/c1-15-3-7-18(8-4-15)21-12-11-20(16(2)25-21)26-22(27)24-14-13-17-5-9-19(10-6-17)30(23,28)29/h3-12H,13-14H2,1-2H3,(H2,23,28,29)(H2,24,26,27). The summed E-state index contributed by atoms with van der Waals surface area (Å²) >= 11 is 0. The first kappa shape index (κ1) is 21.5. The number of carbonyl (C=O) groups excluding carboxylic acids is 1. The van der Waals surface area contributed by atoms with Crippen molar-refractivity contribution in [1.29, 1.82) is 0 Å². The van der Waals surface area contributed by atoms with Crippen LogP contribution in [0.15, 0.2) is 65.6 Å². The molecule has 0 aliphatic rings. The fraction of sp³-hybridized carbons (Fsp3) is 0.182. The number of primary sulfonamides is 1. The molecule has 1 heterocycles. The maximum atomic E-state index is 12.2. The fourth-order valence-electron chi connectivity index (χ4n) is 2.91. The Morgan fingerprint density at radius 3 is 2.23 bits per heavy atom. The van der Waals surface area contributed by atoms with Gasteiger partial charge in [0.1, 0.15) is 0 Å². The third-order valence-electron chi connectivity index (χ3n) is 4.63. The smallest absolute Gasteiger partial charge is 0.319 e. The molecule has 0 unspecified atom stereocenters. The number of aromatic nitrogens is 1. The van der Waals surface area contributed by atoms with E-state index in [0.717, 1.165) is 22.5 Å². The zero-order valence-electron chi connectivity index (χ0n) is 16.8. The molecule has 2 aromatic carbocycles. The van der Waals surface area contributed by atoms with E-state index in [-0.39, 0.29) is 10.9 Å². The van der Waals surface area contributed by atoms with Crippen molar-refractivity contribution in [3.63, 3.8) is 0 Å². The van der Waals surface area contributed by atoms with Gasteiger partial charge in [-0.25, -0.2) is 18.4 Å². The molecule has 0 bridgehead atoms. The topological polar surface area (TPSA) is 114 Å². The van der Waals surface area contributed by atoms with E-state index in [4.69, 9.17) is 5.14 Å². The SMILES string of the molecule is Cc1ccc(-c2ccc(NC(=O)NCCc3ccc(S(N)(=O)=O)cc3)c(C)n2)cc1. The van der Waals surface area contributed by atoms with E-state index in [1.807, 2.05) is 50.2 Å². The summed E-state index contributed by atoms with van der Waals surface area (Å²) in [5.74, 6) is 0. The average Bonchev–Trinajstić information content (AvgIpc) is 2.70. The Morgan fingerprint density at radius 1 is 0.967 bits per heavy atom. The third-order valence-corrected chi connectivity index (χ3v) is 5.56. The second kappa shape index (κ2) is 9.06. The number of pyridine rings is 1. The third kappa shape index (κ3) is 5.65. The van der Waals surface area contributed by atoms with Crippen molar-refractivity contribution >= 4 is 21.7 Å². The Morgan fingerprint density at radius 2 is 1.63 bits per heavy atom. The highest BCUT2D eigenvalue weighted by Crippen LogP contribution is 2.21. The highest BCUT2D eigenvalue weighted by atomic mass is 32.2. The van der Waals surface area contributed by atoms with Crippen molar-refractivity contribution in [2.45, 2.75) is 25.2 Å². The molecule has 8 heteroatoms. The minimum atomic E-state index is -3.70. The van der Waals surface area contributed by atoms with Crippen LogP contribution in [0, 0.1) is 13.8 Å². The number of nitrogens with two attached hydrogens (primary N) is 1. The summed E-state index contributed by atoms with van der Waals surface area (Å²) < 4.78 is 22.5. The summed E-state index contributed by atoms with van der Waals surface area (Å²) in [6, 6.07) is 17.8. The molecule has 0 saturated carbocycles. The summed E-state index contributed by atoms with van der Waals surface area (Å²) in [5.41, 5.74) is 5.31. The number of rotatable bonds is 6. The van der Waals surface area contributed by atoms with Crippen molar-refractivity contribution in [1.82, 2.24) is 10.3 Å². The van der Waals surface area contributed by atoms with E-state index in [2.05, 4.69) is 15.6 Å². The second-order valence-corrected chi connectivity index (χ2v) is 8.58. The van der Waals surface area contributed by atoms with Gasteiger partial charge in [0.05, 0.1) is 22.0 Å². The zero-order chi connectivity index (χ0) is 21.7. The summed E-state index contributed by atoms with van der Waals surface area (Å²) in [6.07, 6.45) is 0.557. The van der Waals surface area contributed by atoms with Gasteiger partial charge in [-0.3, -0.25) is 4.98 Å². The summed E-state index contributed by atoms with van der Waals surface area (Å²) in [4.78, 5) is 16.8. The van der Waals surface area contributed by atoms with Gasteiger partial charge < -0.3 is 10.6 Å². The van der Waals surface area contributed by atoms with E-state index in [9.17, 15) is 13.2 Å². The van der Waals surface area contributed by atoms with Crippen molar-refractivity contribution in [2.75, 3.05) is 11.9 Å². The molecule has 3 aromatic rings. The van der Waals surface area contributed by atoms with E-state index >= 15 is 0 Å². The minimum Gasteiger partial charge on any atom is -0.338 e. The number of carbonyl (C=O) groups is 1. The number of nitrogens with zero attached hydrogens (tertiary/aromatic N) is 1. The second-order valence-electron chi connectivity index (χ2n) is 7.02. The van der Waals surface area contributed by atoms with Crippen LogP contribution in [0.5, 0.6) is 0 Å². The molecule has 3 rings (SSSR count). The van der Waals surface area contributed by atoms with Crippen molar-refractivity contribution in [2.24, 2.45) is 5.14 Å². The lowest BCUT2D eigenvalue weighted by molar-refractivity contribution is 0.252. The van der Waals surface area contributed by atoms with Gasteiger partial charge in [-0.2, -0.15) is 0 Å². The van der Waals surface area contributed by atoms with Gasteiger partial charge in [-0.15, -0.1) is 0 Å². The maximum absolute atomic E-state index is 12.2. The molecule has 0 saturated heterocycles. The highest BCUT2D eigenvalue weighted by molar-refractivity contribution is 7.89. The molecule has 0 aliphatic heterocycles. The van der Waals surface area contributed by atoms with Crippen molar-refractivity contribution < 1.29 is 13.2 Å². The Hall–Kier alpha value is -3.23. The van der Waals surface area contributed by atoms with Crippen LogP contribution in [0.1, 0.15) is 16.8 Å². The number of hydrogen-bond acceptors (Lipinski definition) is 4. The van der Waals surface area contributed by atoms with E-state index < -0.39 is 10.0 Å². The lowest BCUT2D eigenvalue weighted by Crippen LogP contribution is -2.30. The van der Waals surface area contributed by atoms with Crippen LogP contribution < -0.4 is 15.8 Å². The Bertz CT molecular complexity index is 1140. The quantitative estimate of drug-likeness (QED) is 0.563. The van der Waals surface area contributed by atoms with Crippen LogP contribution in [-0.2, 0) is 16.4 Å². The summed E-state index contributed by atoms with van der Waals surface area (Å²) in [6.45, 7) is 4.28. The Labute approximate surface area is 176 Å². The first-order valence-corrected chi connectivity index (χ1v) is 11.0. The molecule has 7 nitrogen and oxygen atoms in total. The molecule has 0 fully saturated rings. The molecule has 0 aliphatic carbocycles. The van der Waals surface area contributed by atoms with Crippen molar-refractivity contribution in [3.05, 3.63) is 77.5 Å². The number of benzene rings is 2. The Balaban J connectivity index is 1.54. The number of nitrogens with one attached hydrogen (secondary N) is 2. The summed E-state index contributed by atoms with van der Waals surface area (Å²) in [5, 5.41) is 10.7. The van der Waals surface area contributed by atoms with Crippen LogP contribution in [0.25, 0.3) is 11.3 Å². The number of urea groups is 1. The van der Waals surface area contributed by atoms with Gasteiger partial charge in [-0.1, -0.05) is 42.0 Å². The molecule has 0 spiro atoms. The van der Waals surface area contributed by atoms with Crippen LogP contribution in [0.4, 0.5) is 10.5 Å². The number of hydrogen-bond donors (Lipinski definition) is 3. The van der Waals surface area contributed by atoms with Crippen LogP contribution >= 0.6 is 0 Å². The lowest BCUT2D eigenvalue weighted by atomic mass is 10.1. The molecule has 156 valence electrons. The highest BCUT2D eigenvalue weighted by Gasteiger charge is 2.09. The summed E-state index contributed by atoms with van der Waals surface area (Å²) in [7, 11) is -3.70. The number of anilines is 1. The zero-order valence-corrected chi connectivity index (χ0v) is 17.7. The predicted octanol–water partition coefficient (Wildman–Crippen LogP) is 3.38. The van der Waals surface area contributed by atoms with Gasteiger partial charge in [0.15, 0.2) is 0 Å². The van der Waals surface area contributed by atoms with E-state index in [1.54, 1.807) is 12.1 Å². The van der Waals surface area contributed by atoms with Crippen LogP contribution in [-0.4, -0.2) is 26.0 Å². The minimum absolute atomic E-state index is 0.0639. The van der Waals surface area contributed by atoms with Crippen LogP contribution in [0.3, 0.4) is 0 Å². The van der Waals surface area contributed by atoms with E-state index in [1.165, 1.54) is 17.7 Å². The first-order valence-electron chi connectivity index (χ1n) is 9.44.